The van der Waals surface area contributed by atoms with E-state index in [4.69, 9.17) is 37.9 Å². The second-order valence-electron chi connectivity index (χ2n) is 16.0. The molecule has 3 rings (SSSR count). The maximum Gasteiger partial charge on any atom is 0.309 e. The van der Waals surface area contributed by atoms with Crippen molar-refractivity contribution in [3.05, 3.63) is 24.3 Å². The molecule has 3 aliphatic heterocycles. The lowest BCUT2D eigenvalue weighted by Gasteiger charge is -2.50. The van der Waals surface area contributed by atoms with E-state index in [9.17, 15) is 34.5 Å². The number of hydrogen-bond acceptors (Lipinski definition) is 16. The number of likely N-dealkylation sites (N-methyl/N-ethyl adjacent to an activating group) is 1. The highest BCUT2D eigenvalue weighted by Gasteiger charge is 2.53. The van der Waals surface area contributed by atoms with Crippen LogP contribution in [0.1, 0.15) is 93.4 Å². The molecule has 1 unspecified atom stereocenters. The van der Waals surface area contributed by atoms with Crippen molar-refractivity contribution in [3.8, 4) is 0 Å². The van der Waals surface area contributed by atoms with Crippen LogP contribution in [0.15, 0.2) is 24.3 Å². The molecule has 3 aliphatic rings. The third-order valence-corrected chi connectivity index (χ3v) is 10.9. The van der Waals surface area contributed by atoms with Gasteiger partial charge in [0.1, 0.15) is 42.4 Å². The lowest BCUT2D eigenvalue weighted by Crippen LogP contribution is -2.66. The van der Waals surface area contributed by atoms with Gasteiger partial charge in [0.15, 0.2) is 18.7 Å². The summed E-state index contributed by atoms with van der Waals surface area (Å²) in [5, 5.41) is 34.5. The number of aliphatic hydroxyl groups excluding tert-OH is 2. The smallest absolute Gasteiger partial charge is 0.309 e. The summed E-state index contributed by atoms with van der Waals surface area (Å²) in [6.45, 7) is 11.8. The molecule has 326 valence electrons. The number of nitrogens with zero attached hydrogens (tertiary/aromatic N) is 1. The number of hydrogen-bond donors (Lipinski definition) is 3. The summed E-state index contributed by atoms with van der Waals surface area (Å²) in [6, 6.07) is -0.779. The highest BCUT2D eigenvalue weighted by atomic mass is 16.7. The van der Waals surface area contributed by atoms with Crippen LogP contribution in [0.5, 0.6) is 0 Å². The van der Waals surface area contributed by atoms with E-state index in [1.807, 2.05) is 13.0 Å². The molecule has 0 bridgehead atoms. The average Bonchev–Trinajstić information content (AvgIpc) is 3.13. The molecule has 0 radical (unpaired) electrons. The summed E-state index contributed by atoms with van der Waals surface area (Å²) in [6.07, 6.45) is -4.08. The van der Waals surface area contributed by atoms with Gasteiger partial charge in [-0.25, -0.2) is 0 Å². The number of carbonyl (C=O) groups is 4. The van der Waals surface area contributed by atoms with E-state index in [-0.39, 0.29) is 32.1 Å². The molecule has 0 saturated carbocycles. The van der Waals surface area contributed by atoms with E-state index in [2.05, 4.69) is 0 Å². The minimum absolute atomic E-state index is 0.000633. The topological polar surface area (TPSA) is 206 Å². The number of cyclic esters (lactones) is 1. The summed E-state index contributed by atoms with van der Waals surface area (Å²) in [5.74, 6) is -2.82. The average molecular weight is 814 g/mol. The van der Waals surface area contributed by atoms with Crippen LogP contribution in [0, 0.1) is 11.8 Å². The number of carbonyl (C=O) groups excluding carboxylic acids is 4. The Labute approximate surface area is 337 Å². The van der Waals surface area contributed by atoms with Crippen molar-refractivity contribution in [2.75, 3.05) is 21.2 Å². The Kier molecular flexibility index (Phi) is 19.2. The molecule has 16 heteroatoms. The van der Waals surface area contributed by atoms with E-state index in [0.717, 1.165) is 0 Å². The Balaban J connectivity index is 2.01. The van der Waals surface area contributed by atoms with Gasteiger partial charge in [0.2, 0.25) is 0 Å². The molecule has 2 saturated heterocycles. The van der Waals surface area contributed by atoms with Crippen molar-refractivity contribution in [2.45, 2.75) is 179 Å². The van der Waals surface area contributed by atoms with Gasteiger partial charge >= 0.3 is 17.9 Å². The first-order valence-corrected chi connectivity index (χ1v) is 20.1. The molecule has 3 N–H and O–H groups in total. The summed E-state index contributed by atoms with van der Waals surface area (Å²) in [5.41, 5.74) is -1.49. The van der Waals surface area contributed by atoms with E-state index < -0.39 is 121 Å². The highest BCUT2D eigenvalue weighted by molar-refractivity contribution is 5.72. The van der Waals surface area contributed by atoms with Gasteiger partial charge in [-0.1, -0.05) is 45.1 Å². The molecular formula is C41H67NO15. The number of aldehydes is 1. The minimum Gasteiger partial charge on any atom is -0.462 e. The fraction of sp³-hybridized carbons (Fsp3) is 0.805. The first-order chi connectivity index (χ1) is 26.9. The normalized spacial score (nSPS) is 41.1. The van der Waals surface area contributed by atoms with Crippen molar-refractivity contribution in [2.24, 2.45) is 11.8 Å². The van der Waals surface area contributed by atoms with Crippen molar-refractivity contribution >= 4 is 24.2 Å². The Morgan fingerprint density at radius 2 is 1.63 bits per heavy atom. The maximum absolute atomic E-state index is 13.3. The Hall–Kier alpha value is -2.80. The second-order valence-corrected chi connectivity index (χ2v) is 16.0. The van der Waals surface area contributed by atoms with Gasteiger partial charge in [-0.05, 0) is 60.0 Å². The monoisotopic (exact) mass is 813 g/mol. The van der Waals surface area contributed by atoms with Crippen LogP contribution in [0.4, 0.5) is 0 Å². The molecule has 0 spiro atoms. The lowest BCUT2D eigenvalue weighted by atomic mass is 9.82. The van der Waals surface area contributed by atoms with Crippen LogP contribution in [-0.4, -0.2) is 151 Å². The Morgan fingerprint density at radius 1 is 0.965 bits per heavy atom. The SMILES string of the molecule is CCC(=O)O[C@@H]1CC(=O)O[C@H](C)C/C=C\C=C\[C@H](O)[C@H](C)C[C@H](CC=O)C(O[C@@H]2O[C@H](C)[C@@H](O[C@H]3C[C@@](C)(O)[C@@H](OC(=O)CC)[C@H](C)O3)[C@H](N(C)C)[C@H]2O)[C@H]1OC. The molecule has 16 atom stereocenters. The predicted octanol–water partition coefficient (Wildman–Crippen LogP) is 2.77. The summed E-state index contributed by atoms with van der Waals surface area (Å²) in [4.78, 5) is 52.3. The number of rotatable bonds is 12. The first kappa shape index (κ1) is 48.6. The molecule has 16 nitrogen and oxygen atoms in total. The Bertz CT molecular complexity index is 1350. The molecule has 2 fully saturated rings. The highest BCUT2D eigenvalue weighted by Crippen LogP contribution is 2.37. The van der Waals surface area contributed by atoms with Crippen molar-refractivity contribution in [3.63, 3.8) is 0 Å². The fourth-order valence-corrected chi connectivity index (χ4v) is 7.82. The fourth-order valence-electron chi connectivity index (χ4n) is 7.82. The van der Waals surface area contributed by atoms with Gasteiger partial charge in [0.25, 0.3) is 0 Å². The largest absolute Gasteiger partial charge is 0.462 e. The molecule has 0 aromatic heterocycles. The number of methoxy groups -OCH3 is 1. The standard InChI is InChI=1S/C41H67NO15/c1-11-30(45)54-29-21-32(47)51-24(4)16-14-13-15-17-28(44)23(3)20-27(18-19-43)37(38(29)50-10)57-40-35(48)34(42(8)9)36(25(5)53-40)56-33-22-41(7,49)39(26(6)52-33)55-31(46)12-2/h13-15,17,19,23-29,33-40,44,48-49H,11-12,16,18,20-22H2,1-10H3/b14-13-,17-15+/t23-,24-,25-,26+,27+,28+,29-,33+,34-,35-,36-,37?,38+,39+,40+,41-/m1/s1. The van der Waals surface area contributed by atoms with Crippen LogP contribution < -0.4 is 0 Å². The zero-order valence-electron chi connectivity index (χ0n) is 35.2. The third-order valence-electron chi connectivity index (χ3n) is 10.9. The minimum atomic E-state index is -1.49. The first-order valence-electron chi connectivity index (χ1n) is 20.1. The molecule has 0 aromatic rings. The molecule has 0 amide bonds. The summed E-state index contributed by atoms with van der Waals surface area (Å²) < 4.78 is 48.5. The third kappa shape index (κ3) is 13.6. The summed E-state index contributed by atoms with van der Waals surface area (Å²) in [7, 11) is 4.86. The van der Waals surface area contributed by atoms with Crippen molar-refractivity contribution < 1.29 is 72.4 Å². The van der Waals surface area contributed by atoms with Gasteiger partial charge in [0, 0.05) is 39.2 Å². The van der Waals surface area contributed by atoms with Gasteiger partial charge in [-0.15, -0.1) is 0 Å². The van der Waals surface area contributed by atoms with Gasteiger partial charge in [-0.2, -0.15) is 0 Å². The van der Waals surface area contributed by atoms with Crippen LogP contribution in [0.2, 0.25) is 0 Å². The number of aliphatic hydroxyl groups is 3. The van der Waals surface area contributed by atoms with Crippen LogP contribution in [0.3, 0.4) is 0 Å². The zero-order valence-corrected chi connectivity index (χ0v) is 35.2. The van der Waals surface area contributed by atoms with Crippen molar-refractivity contribution in [1.82, 2.24) is 4.90 Å². The van der Waals surface area contributed by atoms with E-state index in [0.29, 0.717) is 12.7 Å². The molecule has 57 heavy (non-hydrogen) atoms. The van der Waals surface area contributed by atoms with E-state index in [1.165, 1.54) is 7.11 Å². The van der Waals surface area contributed by atoms with Crippen LogP contribution in [-0.2, 0) is 57.1 Å². The molecule has 0 aromatic carbocycles. The van der Waals surface area contributed by atoms with E-state index >= 15 is 0 Å². The summed E-state index contributed by atoms with van der Waals surface area (Å²) >= 11 is 0. The predicted molar refractivity (Wildman–Crippen MR) is 205 cm³/mol. The molecule has 3 heterocycles. The van der Waals surface area contributed by atoms with Crippen LogP contribution >= 0.6 is 0 Å². The second kappa shape index (κ2) is 22.5. The molecular weight excluding hydrogens is 746 g/mol. The van der Waals surface area contributed by atoms with Crippen LogP contribution in [0.25, 0.3) is 0 Å². The van der Waals surface area contributed by atoms with Gasteiger partial charge in [0.05, 0.1) is 36.9 Å². The maximum atomic E-state index is 13.3. The Morgan fingerprint density at radius 3 is 2.23 bits per heavy atom. The number of allylic oxidation sites excluding steroid dienone is 2. The van der Waals surface area contributed by atoms with Crippen molar-refractivity contribution in [1.29, 1.82) is 0 Å². The number of esters is 3. The van der Waals surface area contributed by atoms with E-state index in [1.54, 1.807) is 78.8 Å². The zero-order chi connectivity index (χ0) is 42.6. The quantitative estimate of drug-likeness (QED) is 0.147. The number of ether oxygens (including phenoxy) is 8. The van der Waals surface area contributed by atoms with Gasteiger partial charge < -0.3 is 62.9 Å². The molecule has 0 aliphatic carbocycles. The lowest BCUT2D eigenvalue weighted by molar-refractivity contribution is -0.344. The van der Waals surface area contributed by atoms with Gasteiger partial charge in [-0.3, -0.25) is 14.4 Å².